The smallest absolute Gasteiger partial charge is 0.254 e. The molecule has 0 aliphatic heterocycles. The molecule has 0 aromatic carbocycles. The summed E-state index contributed by atoms with van der Waals surface area (Å²) in [6.07, 6.45) is 26.1. The summed E-state index contributed by atoms with van der Waals surface area (Å²) < 4.78 is 2.07. The third-order valence-electron chi connectivity index (χ3n) is 5.41. The van der Waals surface area contributed by atoms with E-state index in [1.54, 1.807) is 6.07 Å². The topological polar surface area (TPSA) is 47.0 Å². The average molecular weight is 376 g/mol. The van der Waals surface area contributed by atoms with Crippen LogP contribution < -0.4 is 10.3 Å². The quantitative estimate of drug-likeness (QED) is 0.236. The van der Waals surface area contributed by atoms with Crippen LogP contribution in [-0.4, -0.2) is 5.91 Å². The lowest BCUT2D eigenvalue weighted by Crippen LogP contribution is -2.34. The number of aryl methyl sites for hydroxylation is 1. The van der Waals surface area contributed by atoms with Gasteiger partial charge in [0.15, 0.2) is 12.4 Å². The molecule has 154 valence electrons. The van der Waals surface area contributed by atoms with E-state index in [0.29, 0.717) is 5.56 Å². The number of aromatic nitrogens is 1. The van der Waals surface area contributed by atoms with Gasteiger partial charge in [0, 0.05) is 12.5 Å². The van der Waals surface area contributed by atoms with Crippen LogP contribution in [0.1, 0.15) is 120 Å². The molecule has 27 heavy (non-hydrogen) atoms. The number of hydrogen-bond acceptors (Lipinski definition) is 1. The lowest BCUT2D eigenvalue weighted by atomic mass is 10.0. The van der Waals surface area contributed by atoms with Crippen molar-refractivity contribution in [2.75, 3.05) is 0 Å². The Kier molecular flexibility index (Phi) is 14.7. The van der Waals surface area contributed by atoms with E-state index in [-0.39, 0.29) is 5.91 Å². The number of primary amides is 1. The van der Waals surface area contributed by atoms with Crippen molar-refractivity contribution in [3.8, 4) is 0 Å². The summed E-state index contributed by atoms with van der Waals surface area (Å²) >= 11 is 0. The third-order valence-corrected chi connectivity index (χ3v) is 5.41. The van der Waals surface area contributed by atoms with Crippen molar-refractivity contribution in [1.29, 1.82) is 0 Å². The van der Waals surface area contributed by atoms with Gasteiger partial charge in [0.1, 0.15) is 12.1 Å². The zero-order chi connectivity index (χ0) is 19.6. The predicted molar refractivity (Wildman–Crippen MR) is 115 cm³/mol. The number of rotatable bonds is 18. The largest absolute Gasteiger partial charge is 0.365 e. The maximum atomic E-state index is 11.2. The van der Waals surface area contributed by atoms with E-state index in [1.807, 2.05) is 18.5 Å². The van der Waals surface area contributed by atoms with Crippen molar-refractivity contribution in [2.24, 2.45) is 5.73 Å². The summed E-state index contributed by atoms with van der Waals surface area (Å²) in [7, 11) is 0. The Bertz CT molecular complexity index is 487. The zero-order valence-corrected chi connectivity index (χ0v) is 17.8. The molecule has 0 spiro atoms. The molecule has 1 rings (SSSR count). The Morgan fingerprint density at radius 1 is 0.778 bits per heavy atom. The molecule has 1 heterocycles. The first-order valence-corrected chi connectivity index (χ1v) is 11.5. The second kappa shape index (κ2) is 16.8. The second-order valence-corrected chi connectivity index (χ2v) is 8.00. The van der Waals surface area contributed by atoms with Gasteiger partial charge in [-0.05, 0) is 12.5 Å². The minimum atomic E-state index is -0.351. The number of amides is 1. The molecule has 3 heteroatoms. The number of pyridine rings is 1. The molecule has 1 aromatic rings. The van der Waals surface area contributed by atoms with Crippen molar-refractivity contribution in [2.45, 2.75) is 116 Å². The molecule has 0 aliphatic carbocycles. The lowest BCUT2D eigenvalue weighted by Gasteiger charge is -2.03. The van der Waals surface area contributed by atoms with Gasteiger partial charge in [0.05, 0.1) is 0 Å². The van der Waals surface area contributed by atoms with Crippen LogP contribution in [0, 0.1) is 0 Å². The fraction of sp³-hybridized carbons (Fsp3) is 0.750. The molecule has 0 unspecified atom stereocenters. The summed E-state index contributed by atoms with van der Waals surface area (Å²) in [6.45, 7) is 3.26. The van der Waals surface area contributed by atoms with Crippen LogP contribution in [0.15, 0.2) is 24.5 Å². The predicted octanol–water partition coefficient (Wildman–Crippen LogP) is 6.33. The van der Waals surface area contributed by atoms with E-state index < -0.39 is 0 Å². The lowest BCUT2D eigenvalue weighted by molar-refractivity contribution is -0.697. The van der Waals surface area contributed by atoms with Crippen molar-refractivity contribution in [3.63, 3.8) is 0 Å². The van der Waals surface area contributed by atoms with Gasteiger partial charge in [-0.15, -0.1) is 0 Å². The van der Waals surface area contributed by atoms with E-state index in [9.17, 15) is 4.79 Å². The fourth-order valence-corrected chi connectivity index (χ4v) is 3.65. The standard InChI is InChI=1S/C24H42N2O/c1-2-3-4-5-6-7-8-9-10-11-12-13-14-15-16-17-20-26-21-18-19-23(22-26)24(25)27/h18-19,21-22H,2-17,20H2,1H3,(H-,25,27)/p+1. The molecule has 1 aromatic heterocycles. The Labute approximate surface area is 167 Å². The molecule has 0 saturated heterocycles. The highest BCUT2D eigenvalue weighted by atomic mass is 16.1. The van der Waals surface area contributed by atoms with Crippen LogP contribution in [-0.2, 0) is 6.54 Å². The van der Waals surface area contributed by atoms with E-state index in [1.165, 1.54) is 103 Å². The number of nitrogens with two attached hydrogens (primary N) is 1. The summed E-state index contributed by atoms with van der Waals surface area (Å²) in [5.41, 5.74) is 5.91. The summed E-state index contributed by atoms with van der Waals surface area (Å²) in [4.78, 5) is 11.2. The maximum absolute atomic E-state index is 11.2. The molecule has 0 radical (unpaired) electrons. The van der Waals surface area contributed by atoms with Crippen LogP contribution in [0.2, 0.25) is 0 Å². The van der Waals surface area contributed by atoms with E-state index in [4.69, 9.17) is 5.73 Å². The highest BCUT2D eigenvalue weighted by molar-refractivity contribution is 5.92. The Morgan fingerprint density at radius 2 is 1.22 bits per heavy atom. The number of unbranched alkanes of at least 4 members (excludes halogenated alkanes) is 15. The first-order chi connectivity index (χ1) is 13.2. The molecule has 0 saturated carbocycles. The van der Waals surface area contributed by atoms with Crippen LogP contribution in [0.5, 0.6) is 0 Å². The Balaban J connectivity index is 1.83. The molecule has 2 N–H and O–H groups in total. The van der Waals surface area contributed by atoms with Crippen molar-refractivity contribution >= 4 is 5.91 Å². The van der Waals surface area contributed by atoms with Crippen LogP contribution >= 0.6 is 0 Å². The fourth-order valence-electron chi connectivity index (χ4n) is 3.65. The SMILES string of the molecule is CCCCCCCCCCCCCCCCCC[n+]1cccc(C(N)=O)c1. The Hall–Kier alpha value is -1.38. The highest BCUT2D eigenvalue weighted by Gasteiger charge is 2.06. The molecule has 0 bridgehead atoms. The van der Waals surface area contributed by atoms with Crippen LogP contribution in [0.4, 0.5) is 0 Å². The van der Waals surface area contributed by atoms with Gasteiger partial charge >= 0.3 is 0 Å². The van der Waals surface area contributed by atoms with Crippen molar-refractivity contribution in [1.82, 2.24) is 0 Å². The van der Waals surface area contributed by atoms with Crippen LogP contribution in [0.3, 0.4) is 0 Å². The van der Waals surface area contributed by atoms with E-state index in [2.05, 4.69) is 11.5 Å². The van der Waals surface area contributed by atoms with Gasteiger partial charge in [-0.1, -0.05) is 96.8 Å². The summed E-state index contributed by atoms with van der Waals surface area (Å²) in [6, 6.07) is 3.67. The molecular formula is C24H43N2O+. The van der Waals surface area contributed by atoms with Gasteiger partial charge in [-0.2, -0.15) is 0 Å². The first-order valence-electron chi connectivity index (χ1n) is 11.5. The van der Waals surface area contributed by atoms with E-state index in [0.717, 1.165) is 6.54 Å². The van der Waals surface area contributed by atoms with Crippen LogP contribution in [0.25, 0.3) is 0 Å². The molecule has 0 aliphatic rings. The van der Waals surface area contributed by atoms with Gasteiger partial charge in [0.2, 0.25) is 0 Å². The average Bonchev–Trinajstić information content (AvgIpc) is 2.68. The van der Waals surface area contributed by atoms with Crippen molar-refractivity contribution < 1.29 is 9.36 Å². The molecule has 0 atom stereocenters. The third kappa shape index (κ3) is 13.4. The highest BCUT2D eigenvalue weighted by Crippen LogP contribution is 2.13. The van der Waals surface area contributed by atoms with Gasteiger partial charge in [-0.25, -0.2) is 4.57 Å². The zero-order valence-electron chi connectivity index (χ0n) is 17.8. The van der Waals surface area contributed by atoms with E-state index >= 15 is 0 Å². The summed E-state index contributed by atoms with van der Waals surface area (Å²) in [5, 5.41) is 0. The monoisotopic (exact) mass is 375 g/mol. The minimum absolute atomic E-state index is 0.351. The second-order valence-electron chi connectivity index (χ2n) is 8.00. The molecule has 1 amide bonds. The van der Waals surface area contributed by atoms with Gasteiger partial charge in [0.25, 0.3) is 5.91 Å². The number of hydrogen-bond donors (Lipinski definition) is 1. The molecule has 0 fully saturated rings. The minimum Gasteiger partial charge on any atom is -0.365 e. The first kappa shape index (κ1) is 23.7. The maximum Gasteiger partial charge on any atom is 0.254 e. The Morgan fingerprint density at radius 3 is 1.67 bits per heavy atom. The molecular weight excluding hydrogens is 332 g/mol. The normalized spacial score (nSPS) is 11.0. The number of carbonyl (C=O) groups excluding carboxylic acids is 1. The van der Waals surface area contributed by atoms with Gasteiger partial charge < -0.3 is 5.73 Å². The van der Waals surface area contributed by atoms with Gasteiger partial charge in [-0.3, -0.25) is 4.79 Å². The number of carbonyl (C=O) groups is 1. The molecule has 3 nitrogen and oxygen atoms in total. The number of nitrogens with zero attached hydrogens (tertiary/aromatic N) is 1. The summed E-state index contributed by atoms with van der Waals surface area (Å²) in [5.74, 6) is -0.351. The van der Waals surface area contributed by atoms with Crippen molar-refractivity contribution in [3.05, 3.63) is 30.1 Å².